The van der Waals surface area contributed by atoms with Crippen molar-refractivity contribution < 1.29 is 11.0 Å². The summed E-state index contributed by atoms with van der Waals surface area (Å²) in [4.78, 5) is 28.9. The molecule has 0 aliphatic rings. The molecule has 0 fully saturated rings. The summed E-state index contributed by atoms with van der Waals surface area (Å²) in [6, 6.07) is 25.3. The van der Waals surface area contributed by atoms with Crippen LogP contribution in [0.5, 0.6) is 0 Å². The monoisotopic (exact) mass is 374 g/mol. The summed E-state index contributed by atoms with van der Waals surface area (Å²) in [5.41, 5.74) is 3.81. The fraction of sp³-hybridized carbons (Fsp3) is 0.0455. The number of hydrogen-bond acceptors (Lipinski definition) is 4. The second kappa shape index (κ2) is 7.51. The average molecular weight is 374 g/mol. The number of aromatic nitrogens is 1. The molecule has 0 atom stereocenters. The molecule has 134 valence electrons. The minimum atomic E-state index is -0.638. The molecule has 1 aromatic heterocycles. The summed E-state index contributed by atoms with van der Waals surface area (Å²) in [6.07, 6.45) is 0. The number of carbonyl (C=O) groups excluding carboxylic acids is 2. The number of thiazole rings is 1. The van der Waals surface area contributed by atoms with E-state index in [1.165, 1.54) is 11.3 Å². The number of benzene rings is 3. The predicted octanol–water partition coefficient (Wildman–Crippen LogP) is 4.71. The Morgan fingerprint density at radius 1 is 0.889 bits per heavy atom. The smallest absolute Gasteiger partial charge is 0.295 e. The molecule has 0 saturated carbocycles. The molecule has 4 aromatic rings. The molecular weight excluding hydrogens is 356 g/mol. The van der Waals surface area contributed by atoms with Crippen molar-refractivity contribution in [1.82, 2.24) is 10.3 Å². The molecule has 0 bridgehead atoms. The maximum atomic E-state index is 12.4. The third kappa shape index (κ3) is 3.78. The van der Waals surface area contributed by atoms with Crippen LogP contribution in [0.25, 0.3) is 21.3 Å². The van der Waals surface area contributed by atoms with Crippen molar-refractivity contribution in [2.24, 2.45) is 0 Å². The Morgan fingerprint density at radius 3 is 2.33 bits per heavy atom. The molecule has 3 aromatic carbocycles. The molecule has 4 nitrogen and oxygen atoms in total. The van der Waals surface area contributed by atoms with Crippen LogP contribution in [-0.2, 0) is 11.3 Å². The third-order valence-corrected chi connectivity index (χ3v) is 5.21. The first-order valence-electron chi connectivity index (χ1n) is 8.53. The zero-order valence-electron chi connectivity index (χ0n) is 14.4. The molecule has 5 heteroatoms. The van der Waals surface area contributed by atoms with Crippen LogP contribution in [0.2, 0.25) is 0 Å². The quantitative estimate of drug-likeness (QED) is 0.407. The Morgan fingerprint density at radius 2 is 1.59 bits per heavy atom. The van der Waals surface area contributed by atoms with Gasteiger partial charge >= 0.3 is 0 Å². The van der Waals surface area contributed by atoms with Gasteiger partial charge in [-0.3, -0.25) is 9.59 Å². The highest BCUT2D eigenvalue weighted by Crippen LogP contribution is 2.28. The van der Waals surface area contributed by atoms with Gasteiger partial charge in [0.25, 0.3) is 11.7 Å². The van der Waals surface area contributed by atoms with Gasteiger partial charge in [0.05, 0.1) is 10.2 Å². The number of rotatable bonds is 5. The second-order valence-electron chi connectivity index (χ2n) is 6.06. The van der Waals surface area contributed by atoms with Crippen LogP contribution in [0.3, 0.4) is 0 Å². The SMILES string of the molecule is O=C(NCc1ccccc1)C(=O)c1nc2ccc(-c3ccccc3)cc2s1.[HH]. The minimum Gasteiger partial charge on any atom is -0.345 e. The second-order valence-corrected chi connectivity index (χ2v) is 7.10. The van der Waals surface area contributed by atoms with Crippen LogP contribution in [0.1, 0.15) is 16.8 Å². The maximum Gasteiger partial charge on any atom is 0.295 e. The highest BCUT2D eigenvalue weighted by Gasteiger charge is 2.20. The molecule has 0 aliphatic heterocycles. The highest BCUT2D eigenvalue weighted by atomic mass is 32.1. The fourth-order valence-corrected chi connectivity index (χ4v) is 3.73. The van der Waals surface area contributed by atoms with E-state index < -0.39 is 11.7 Å². The zero-order chi connectivity index (χ0) is 18.6. The van der Waals surface area contributed by atoms with Crippen LogP contribution in [0.4, 0.5) is 0 Å². The van der Waals surface area contributed by atoms with E-state index in [-0.39, 0.29) is 6.43 Å². The van der Waals surface area contributed by atoms with Gasteiger partial charge in [0.15, 0.2) is 5.01 Å². The van der Waals surface area contributed by atoms with Gasteiger partial charge in [0, 0.05) is 7.97 Å². The number of Topliss-reactive ketones (excluding diaryl/α,β-unsaturated/α-hetero) is 1. The molecule has 27 heavy (non-hydrogen) atoms. The first-order valence-corrected chi connectivity index (χ1v) is 9.35. The van der Waals surface area contributed by atoms with Crippen molar-refractivity contribution in [3.8, 4) is 11.1 Å². The van der Waals surface area contributed by atoms with Gasteiger partial charge in [0.1, 0.15) is 0 Å². The van der Waals surface area contributed by atoms with Crippen LogP contribution in [0, 0.1) is 0 Å². The van der Waals surface area contributed by atoms with Crippen molar-refractivity contribution in [1.29, 1.82) is 0 Å². The number of carbonyl (C=O) groups is 2. The Kier molecular flexibility index (Phi) is 4.77. The van der Waals surface area contributed by atoms with E-state index in [1.54, 1.807) is 0 Å². The first-order chi connectivity index (χ1) is 13.2. The van der Waals surface area contributed by atoms with Gasteiger partial charge in [-0.25, -0.2) is 4.98 Å². The van der Waals surface area contributed by atoms with Gasteiger partial charge in [-0.05, 0) is 28.8 Å². The largest absolute Gasteiger partial charge is 0.345 e. The van der Waals surface area contributed by atoms with Crippen LogP contribution in [-0.4, -0.2) is 16.7 Å². The van der Waals surface area contributed by atoms with Crippen molar-refractivity contribution >= 4 is 33.2 Å². The first kappa shape index (κ1) is 17.1. The molecule has 4 rings (SSSR count). The van der Waals surface area contributed by atoms with Gasteiger partial charge in [0.2, 0.25) is 0 Å². The van der Waals surface area contributed by atoms with E-state index in [2.05, 4.69) is 10.3 Å². The number of amides is 1. The van der Waals surface area contributed by atoms with Crippen LogP contribution < -0.4 is 5.32 Å². The lowest BCUT2D eigenvalue weighted by Gasteiger charge is -2.02. The number of nitrogens with zero attached hydrogens (tertiary/aromatic N) is 1. The lowest BCUT2D eigenvalue weighted by atomic mass is 10.1. The maximum absolute atomic E-state index is 12.4. The molecule has 1 heterocycles. The van der Waals surface area contributed by atoms with E-state index in [1.807, 2.05) is 78.9 Å². The number of nitrogens with one attached hydrogen (secondary N) is 1. The minimum absolute atomic E-state index is 0. The third-order valence-electron chi connectivity index (χ3n) is 4.19. The Balaban J connectivity index is 0.00000225. The fourth-order valence-electron chi connectivity index (χ4n) is 2.79. The summed E-state index contributed by atoms with van der Waals surface area (Å²) >= 11 is 1.24. The van der Waals surface area contributed by atoms with E-state index in [0.717, 1.165) is 26.9 Å². The molecule has 1 N–H and O–H groups in total. The van der Waals surface area contributed by atoms with Crippen LogP contribution >= 0.6 is 11.3 Å². The average Bonchev–Trinajstić information content (AvgIpc) is 3.16. The summed E-state index contributed by atoms with van der Waals surface area (Å²) in [7, 11) is 0. The highest BCUT2D eigenvalue weighted by molar-refractivity contribution is 7.21. The number of ketones is 1. The van der Waals surface area contributed by atoms with E-state index in [0.29, 0.717) is 6.54 Å². The zero-order valence-corrected chi connectivity index (χ0v) is 15.2. The molecule has 0 spiro atoms. The summed E-state index contributed by atoms with van der Waals surface area (Å²) < 4.78 is 0.885. The molecule has 1 amide bonds. The van der Waals surface area contributed by atoms with Gasteiger partial charge in [-0.1, -0.05) is 66.7 Å². The van der Waals surface area contributed by atoms with E-state index >= 15 is 0 Å². The Bertz CT molecular complexity index is 1110. The summed E-state index contributed by atoms with van der Waals surface area (Å²) in [5.74, 6) is -1.24. The Labute approximate surface area is 162 Å². The van der Waals surface area contributed by atoms with E-state index in [9.17, 15) is 9.59 Å². The summed E-state index contributed by atoms with van der Waals surface area (Å²) in [5, 5.41) is 2.87. The predicted molar refractivity (Wildman–Crippen MR) is 110 cm³/mol. The van der Waals surface area contributed by atoms with Crippen molar-refractivity contribution in [2.75, 3.05) is 0 Å². The molecule has 0 aliphatic carbocycles. The van der Waals surface area contributed by atoms with Crippen molar-refractivity contribution in [3.63, 3.8) is 0 Å². The van der Waals surface area contributed by atoms with Gasteiger partial charge in [-0.15, -0.1) is 11.3 Å². The molecule has 0 unspecified atom stereocenters. The van der Waals surface area contributed by atoms with Crippen molar-refractivity contribution in [2.45, 2.75) is 6.54 Å². The van der Waals surface area contributed by atoms with E-state index in [4.69, 9.17) is 0 Å². The molecule has 0 radical (unpaired) electrons. The summed E-state index contributed by atoms with van der Waals surface area (Å²) in [6.45, 7) is 0.314. The lowest BCUT2D eigenvalue weighted by Crippen LogP contribution is -2.30. The normalized spacial score (nSPS) is 10.7. The van der Waals surface area contributed by atoms with Crippen molar-refractivity contribution in [3.05, 3.63) is 89.4 Å². The molecule has 0 saturated heterocycles. The lowest BCUT2D eigenvalue weighted by molar-refractivity contribution is -0.117. The molecular formula is C22H18N2O2S. The van der Waals surface area contributed by atoms with Crippen LogP contribution in [0.15, 0.2) is 78.9 Å². The number of fused-ring (bicyclic) bond motifs is 1. The van der Waals surface area contributed by atoms with Gasteiger partial charge < -0.3 is 5.32 Å². The Hall–Kier alpha value is -3.31. The number of hydrogen-bond donors (Lipinski definition) is 1. The van der Waals surface area contributed by atoms with Gasteiger partial charge in [-0.2, -0.15) is 0 Å². The standard InChI is InChI=1S/C22H16N2O2S.H2/c25-20(21(26)23-14-15-7-3-1-4-8-15)22-24-18-12-11-17(13-19(18)27-22)16-9-5-2-6-10-16;/h1-13H,14H2,(H,23,26);1H. The topological polar surface area (TPSA) is 59.1 Å².